The maximum absolute atomic E-state index is 5.65. The van der Waals surface area contributed by atoms with Crippen LogP contribution in [-0.4, -0.2) is 9.55 Å². The number of nitrogens with zero attached hydrogens (tertiary/aromatic N) is 2. The molecule has 0 saturated heterocycles. The Bertz CT molecular complexity index is 294. The topological polar surface area (TPSA) is 43.8 Å². The zero-order valence-corrected chi connectivity index (χ0v) is 8.87. The van der Waals surface area contributed by atoms with E-state index in [1.54, 1.807) is 0 Å². The molecule has 0 atom stereocenters. The molecule has 1 heterocycles. The molecule has 0 bridgehead atoms. The van der Waals surface area contributed by atoms with Crippen molar-refractivity contribution in [1.29, 1.82) is 0 Å². The van der Waals surface area contributed by atoms with Gasteiger partial charge in [0.25, 0.3) is 0 Å². The van der Waals surface area contributed by atoms with E-state index in [0.29, 0.717) is 12.0 Å². The fourth-order valence-corrected chi connectivity index (χ4v) is 2.32. The molecule has 1 fully saturated rings. The Hall–Kier alpha value is -0.830. The van der Waals surface area contributed by atoms with Crippen LogP contribution in [-0.2, 0) is 13.1 Å². The molecule has 0 aromatic carbocycles. The van der Waals surface area contributed by atoms with Crippen molar-refractivity contribution in [3.63, 3.8) is 0 Å². The van der Waals surface area contributed by atoms with Crippen LogP contribution in [0.2, 0.25) is 0 Å². The molecule has 0 radical (unpaired) electrons. The van der Waals surface area contributed by atoms with Crippen LogP contribution in [0.15, 0.2) is 12.5 Å². The lowest BCUT2D eigenvalue weighted by atomic mass is 9.67. The molecular formula is C11H19N3. The first-order valence-corrected chi connectivity index (χ1v) is 5.49. The summed E-state index contributed by atoms with van der Waals surface area (Å²) in [5.41, 5.74) is 7.36. The molecule has 0 aliphatic heterocycles. The Balaban J connectivity index is 2.09. The van der Waals surface area contributed by atoms with Crippen LogP contribution in [0, 0.1) is 5.41 Å². The lowest BCUT2D eigenvalue weighted by Gasteiger charge is -2.41. The third-order valence-electron chi connectivity index (χ3n) is 3.68. The molecule has 1 aromatic heterocycles. The highest BCUT2D eigenvalue weighted by molar-refractivity contribution is 5.00. The van der Waals surface area contributed by atoms with E-state index in [2.05, 4.69) is 16.5 Å². The molecule has 1 aromatic rings. The zero-order valence-electron chi connectivity index (χ0n) is 8.87. The van der Waals surface area contributed by atoms with Gasteiger partial charge in [0.15, 0.2) is 0 Å². The smallest absolute Gasteiger partial charge is 0.0948 e. The first-order valence-electron chi connectivity index (χ1n) is 5.49. The Morgan fingerprint density at radius 2 is 2.36 bits per heavy atom. The molecule has 1 aliphatic carbocycles. The van der Waals surface area contributed by atoms with Crippen molar-refractivity contribution in [2.24, 2.45) is 11.1 Å². The summed E-state index contributed by atoms with van der Waals surface area (Å²) in [7, 11) is 0. The van der Waals surface area contributed by atoms with Crippen molar-refractivity contribution in [1.82, 2.24) is 9.55 Å². The molecule has 2 rings (SSSR count). The molecule has 14 heavy (non-hydrogen) atoms. The number of rotatable bonds is 4. The Labute approximate surface area is 85.3 Å². The maximum atomic E-state index is 5.65. The first-order chi connectivity index (χ1) is 6.79. The molecule has 3 nitrogen and oxygen atoms in total. The van der Waals surface area contributed by atoms with E-state index in [1.165, 1.54) is 25.7 Å². The zero-order chi connectivity index (χ0) is 10.0. The van der Waals surface area contributed by atoms with Crippen LogP contribution in [0.1, 0.15) is 38.3 Å². The van der Waals surface area contributed by atoms with E-state index >= 15 is 0 Å². The Morgan fingerprint density at radius 3 is 2.86 bits per heavy atom. The molecule has 3 heteroatoms. The summed E-state index contributed by atoms with van der Waals surface area (Å²) in [5, 5.41) is 0. The second-order valence-corrected chi connectivity index (χ2v) is 4.42. The highest BCUT2D eigenvalue weighted by Gasteiger charge is 2.35. The van der Waals surface area contributed by atoms with Crippen molar-refractivity contribution in [2.45, 2.75) is 45.7 Å². The van der Waals surface area contributed by atoms with Gasteiger partial charge in [-0.1, -0.05) is 13.3 Å². The summed E-state index contributed by atoms with van der Waals surface area (Å²) >= 11 is 0. The third-order valence-corrected chi connectivity index (χ3v) is 3.68. The summed E-state index contributed by atoms with van der Waals surface area (Å²) in [6.45, 7) is 3.99. The molecule has 2 N–H and O–H groups in total. The number of imidazole rings is 1. The summed E-state index contributed by atoms with van der Waals surface area (Å²) in [6.07, 6.45) is 9.19. The lowest BCUT2D eigenvalue weighted by Crippen LogP contribution is -2.33. The van der Waals surface area contributed by atoms with Crippen LogP contribution in [0.4, 0.5) is 0 Å². The lowest BCUT2D eigenvalue weighted by molar-refractivity contribution is 0.0992. The van der Waals surface area contributed by atoms with Crippen molar-refractivity contribution in [2.75, 3.05) is 0 Å². The van der Waals surface area contributed by atoms with Gasteiger partial charge in [-0.25, -0.2) is 4.98 Å². The SMILES string of the molecule is CCC1(Cn2cncc2CN)CCC1. The average molecular weight is 193 g/mol. The second-order valence-electron chi connectivity index (χ2n) is 4.42. The highest BCUT2D eigenvalue weighted by atomic mass is 15.1. The normalized spacial score (nSPS) is 19.3. The number of hydrogen-bond donors (Lipinski definition) is 1. The van der Waals surface area contributed by atoms with Gasteiger partial charge in [-0.05, 0) is 24.7 Å². The molecular weight excluding hydrogens is 174 g/mol. The van der Waals surface area contributed by atoms with Gasteiger partial charge in [-0.15, -0.1) is 0 Å². The van der Waals surface area contributed by atoms with Gasteiger partial charge in [0, 0.05) is 19.3 Å². The second kappa shape index (κ2) is 3.73. The minimum atomic E-state index is 0.546. The minimum absolute atomic E-state index is 0.546. The Morgan fingerprint density at radius 1 is 1.57 bits per heavy atom. The quantitative estimate of drug-likeness (QED) is 0.794. The predicted molar refractivity (Wildman–Crippen MR) is 56.7 cm³/mol. The minimum Gasteiger partial charge on any atom is -0.333 e. The third kappa shape index (κ3) is 1.57. The fourth-order valence-electron chi connectivity index (χ4n) is 2.32. The fraction of sp³-hybridized carbons (Fsp3) is 0.727. The van der Waals surface area contributed by atoms with Gasteiger partial charge in [0.2, 0.25) is 0 Å². The molecule has 1 aliphatic rings. The number of nitrogens with two attached hydrogens (primary N) is 1. The maximum Gasteiger partial charge on any atom is 0.0948 e. The van der Waals surface area contributed by atoms with Crippen LogP contribution in [0.3, 0.4) is 0 Å². The first kappa shape index (κ1) is 9.71. The van der Waals surface area contributed by atoms with Gasteiger partial charge in [-0.3, -0.25) is 0 Å². The standard InChI is InChI=1S/C11H19N3/c1-2-11(4-3-5-11)8-14-9-13-7-10(14)6-12/h7,9H,2-6,8,12H2,1H3. The highest BCUT2D eigenvalue weighted by Crippen LogP contribution is 2.45. The van der Waals surface area contributed by atoms with Gasteiger partial charge >= 0.3 is 0 Å². The molecule has 0 amide bonds. The van der Waals surface area contributed by atoms with Crippen LogP contribution < -0.4 is 5.73 Å². The Kier molecular flexibility index (Phi) is 2.59. The number of hydrogen-bond acceptors (Lipinski definition) is 2. The van der Waals surface area contributed by atoms with Gasteiger partial charge in [-0.2, -0.15) is 0 Å². The number of aromatic nitrogens is 2. The summed E-state index contributed by atoms with van der Waals surface area (Å²) < 4.78 is 2.22. The van der Waals surface area contributed by atoms with E-state index in [4.69, 9.17) is 5.73 Å². The summed E-state index contributed by atoms with van der Waals surface area (Å²) in [5.74, 6) is 0. The van der Waals surface area contributed by atoms with Crippen molar-refractivity contribution in [3.8, 4) is 0 Å². The van der Waals surface area contributed by atoms with Gasteiger partial charge in [0.05, 0.1) is 12.0 Å². The summed E-state index contributed by atoms with van der Waals surface area (Å²) in [6, 6.07) is 0. The van der Waals surface area contributed by atoms with Crippen LogP contribution >= 0.6 is 0 Å². The molecule has 0 unspecified atom stereocenters. The largest absolute Gasteiger partial charge is 0.333 e. The molecule has 78 valence electrons. The van der Waals surface area contributed by atoms with Gasteiger partial charge < -0.3 is 10.3 Å². The monoisotopic (exact) mass is 193 g/mol. The van der Waals surface area contributed by atoms with E-state index in [9.17, 15) is 0 Å². The summed E-state index contributed by atoms with van der Waals surface area (Å²) in [4.78, 5) is 4.15. The van der Waals surface area contributed by atoms with E-state index < -0.39 is 0 Å². The predicted octanol–water partition coefficient (Wildman–Crippen LogP) is 1.92. The van der Waals surface area contributed by atoms with Crippen molar-refractivity contribution >= 4 is 0 Å². The van der Waals surface area contributed by atoms with Crippen LogP contribution in [0.25, 0.3) is 0 Å². The van der Waals surface area contributed by atoms with Crippen molar-refractivity contribution < 1.29 is 0 Å². The van der Waals surface area contributed by atoms with Gasteiger partial charge in [0.1, 0.15) is 0 Å². The van der Waals surface area contributed by atoms with Crippen molar-refractivity contribution in [3.05, 3.63) is 18.2 Å². The van der Waals surface area contributed by atoms with Crippen LogP contribution in [0.5, 0.6) is 0 Å². The molecule has 0 spiro atoms. The van der Waals surface area contributed by atoms with E-state index in [1.807, 2.05) is 12.5 Å². The van der Waals surface area contributed by atoms with E-state index in [0.717, 1.165) is 12.2 Å². The molecule has 1 saturated carbocycles. The average Bonchev–Trinajstić information content (AvgIpc) is 2.58. The van der Waals surface area contributed by atoms with E-state index in [-0.39, 0.29) is 0 Å².